The minimum absolute atomic E-state index is 0.139. The fourth-order valence-electron chi connectivity index (χ4n) is 1.70. The van der Waals surface area contributed by atoms with Gasteiger partial charge in [0.25, 0.3) is 0 Å². The van der Waals surface area contributed by atoms with Crippen molar-refractivity contribution >= 4 is 11.6 Å². The molecule has 17 heavy (non-hydrogen) atoms. The fraction of sp³-hybridized carbons (Fsp3) is 0.333. The Bertz CT molecular complexity index is 450. The van der Waals surface area contributed by atoms with E-state index in [2.05, 4.69) is 5.32 Å². The zero-order valence-electron chi connectivity index (χ0n) is 9.22. The van der Waals surface area contributed by atoms with Crippen molar-refractivity contribution in [3.63, 3.8) is 0 Å². The zero-order chi connectivity index (χ0) is 12.3. The molecule has 0 bridgehead atoms. The van der Waals surface area contributed by atoms with Crippen LogP contribution in [0.25, 0.3) is 0 Å². The molecule has 5 nitrogen and oxygen atoms in total. The Morgan fingerprint density at radius 2 is 2.12 bits per heavy atom. The fourth-order valence-corrected chi connectivity index (χ4v) is 1.70. The average molecular weight is 231 g/mol. The molecule has 1 amide bonds. The van der Waals surface area contributed by atoms with E-state index in [1.807, 2.05) is 6.07 Å². The predicted molar refractivity (Wildman–Crippen MR) is 62.1 cm³/mol. The molecule has 88 valence electrons. The van der Waals surface area contributed by atoms with E-state index in [0.29, 0.717) is 24.5 Å². The number of carbonyl (C=O) groups excluding carboxylic acids is 1. The molecule has 1 saturated heterocycles. The maximum Gasteiger partial charge on any atom is 0.231 e. The van der Waals surface area contributed by atoms with E-state index in [-0.39, 0.29) is 17.9 Å². The van der Waals surface area contributed by atoms with Crippen LogP contribution in [0.15, 0.2) is 24.3 Å². The molecule has 0 radical (unpaired) electrons. The van der Waals surface area contributed by atoms with Crippen LogP contribution in [0.2, 0.25) is 0 Å². The number of nitrogens with one attached hydrogen (secondary N) is 1. The van der Waals surface area contributed by atoms with Crippen LogP contribution in [0.3, 0.4) is 0 Å². The normalized spacial score (nSPS) is 23.1. The summed E-state index contributed by atoms with van der Waals surface area (Å²) < 4.78 is 5.14. The van der Waals surface area contributed by atoms with Crippen molar-refractivity contribution < 1.29 is 9.53 Å². The summed E-state index contributed by atoms with van der Waals surface area (Å²) in [6.07, 6.45) is 0. The van der Waals surface area contributed by atoms with Crippen molar-refractivity contribution in [2.24, 2.45) is 11.7 Å². The summed E-state index contributed by atoms with van der Waals surface area (Å²) in [5.41, 5.74) is 6.97. The van der Waals surface area contributed by atoms with Crippen molar-refractivity contribution in [2.45, 2.75) is 6.04 Å². The van der Waals surface area contributed by atoms with Gasteiger partial charge in [0.1, 0.15) is 0 Å². The van der Waals surface area contributed by atoms with Gasteiger partial charge in [0.05, 0.1) is 30.8 Å². The number of ether oxygens (including phenoxy) is 1. The quantitative estimate of drug-likeness (QED) is 0.774. The van der Waals surface area contributed by atoms with Crippen LogP contribution in [-0.2, 0) is 9.53 Å². The first-order valence-electron chi connectivity index (χ1n) is 5.35. The second-order valence-corrected chi connectivity index (χ2v) is 3.99. The second-order valence-electron chi connectivity index (χ2n) is 3.99. The van der Waals surface area contributed by atoms with Crippen molar-refractivity contribution in [3.05, 3.63) is 29.8 Å². The van der Waals surface area contributed by atoms with Gasteiger partial charge in [-0.25, -0.2) is 0 Å². The van der Waals surface area contributed by atoms with Gasteiger partial charge < -0.3 is 15.8 Å². The van der Waals surface area contributed by atoms with Crippen molar-refractivity contribution in [3.8, 4) is 6.07 Å². The van der Waals surface area contributed by atoms with Crippen molar-refractivity contribution in [2.75, 3.05) is 18.5 Å². The summed E-state index contributed by atoms with van der Waals surface area (Å²) in [6.45, 7) is 0.786. The zero-order valence-corrected chi connectivity index (χ0v) is 9.22. The monoisotopic (exact) mass is 231 g/mol. The summed E-state index contributed by atoms with van der Waals surface area (Å²) in [4.78, 5) is 11.8. The SMILES string of the molecule is N#Cc1ccc(NC(=O)C2COCC2N)cc1. The van der Waals surface area contributed by atoms with Gasteiger partial charge in [-0.15, -0.1) is 0 Å². The summed E-state index contributed by atoms with van der Waals surface area (Å²) in [7, 11) is 0. The molecule has 0 saturated carbocycles. The Kier molecular flexibility index (Phi) is 3.38. The van der Waals surface area contributed by atoms with E-state index in [1.165, 1.54) is 0 Å². The van der Waals surface area contributed by atoms with Crippen LogP contribution >= 0.6 is 0 Å². The van der Waals surface area contributed by atoms with Crippen LogP contribution in [0.4, 0.5) is 5.69 Å². The van der Waals surface area contributed by atoms with E-state index in [9.17, 15) is 4.79 Å². The maximum absolute atomic E-state index is 11.8. The number of nitriles is 1. The molecule has 0 aromatic heterocycles. The van der Waals surface area contributed by atoms with Crippen molar-refractivity contribution in [1.82, 2.24) is 0 Å². The lowest BCUT2D eigenvalue weighted by molar-refractivity contribution is -0.120. The van der Waals surface area contributed by atoms with Crippen LogP contribution in [0.5, 0.6) is 0 Å². The number of nitrogens with two attached hydrogens (primary N) is 1. The number of amides is 1. The molecule has 1 fully saturated rings. The van der Waals surface area contributed by atoms with Gasteiger partial charge in [0, 0.05) is 11.7 Å². The molecule has 0 spiro atoms. The highest BCUT2D eigenvalue weighted by Gasteiger charge is 2.31. The third-order valence-electron chi connectivity index (χ3n) is 2.74. The lowest BCUT2D eigenvalue weighted by Gasteiger charge is -2.13. The van der Waals surface area contributed by atoms with E-state index >= 15 is 0 Å². The van der Waals surface area contributed by atoms with Gasteiger partial charge >= 0.3 is 0 Å². The number of anilines is 1. The number of carbonyl (C=O) groups is 1. The van der Waals surface area contributed by atoms with Gasteiger partial charge in [-0.3, -0.25) is 4.79 Å². The van der Waals surface area contributed by atoms with Gasteiger partial charge in [0.2, 0.25) is 5.91 Å². The first-order valence-corrected chi connectivity index (χ1v) is 5.35. The minimum atomic E-state index is -0.300. The molecule has 1 aliphatic rings. The first-order chi connectivity index (χ1) is 8.20. The first kappa shape index (κ1) is 11.6. The third kappa shape index (κ3) is 2.61. The molecular formula is C12H13N3O2. The van der Waals surface area contributed by atoms with Gasteiger partial charge in [0.15, 0.2) is 0 Å². The summed E-state index contributed by atoms with van der Waals surface area (Å²) in [5.74, 6) is -0.439. The number of rotatable bonds is 2. The molecular weight excluding hydrogens is 218 g/mol. The minimum Gasteiger partial charge on any atom is -0.379 e. The van der Waals surface area contributed by atoms with Crippen LogP contribution < -0.4 is 11.1 Å². The standard InChI is InChI=1S/C12H13N3O2/c13-5-8-1-3-9(4-2-8)15-12(16)10-6-17-7-11(10)14/h1-4,10-11H,6-7,14H2,(H,15,16). The molecule has 1 aromatic rings. The Morgan fingerprint density at radius 1 is 1.41 bits per heavy atom. The maximum atomic E-state index is 11.8. The van der Waals surface area contributed by atoms with Gasteiger partial charge in [-0.1, -0.05) is 0 Å². The Hall–Kier alpha value is -1.90. The lowest BCUT2D eigenvalue weighted by atomic mass is 10.0. The Morgan fingerprint density at radius 3 is 2.65 bits per heavy atom. The number of hydrogen-bond acceptors (Lipinski definition) is 4. The lowest BCUT2D eigenvalue weighted by Crippen LogP contribution is -2.37. The van der Waals surface area contributed by atoms with Crippen LogP contribution in [0.1, 0.15) is 5.56 Å². The molecule has 0 aliphatic carbocycles. The Balaban J connectivity index is 2.00. The van der Waals surface area contributed by atoms with Gasteiger partial charge in [-0.05, 0) is 24.3 Å². The summed E-state index contributed by atoms with van der Waals surface area (Å²) in [6, 6.07) is 8.47. The molecule has 2 unspecified atom stereocenters. The molecule has 1 aliphatic heterocycles. The van der Waals surface area contributed by atoms with Crippen molar-refractivity contribution in [1.29, 1.82) is 5.26 Å². The molecule has 2 atom stereocenters. The van der Waals surface area contributed by atoms with E-state index in [1.54, 1.807) is 24.3 Å². The molecule has 1 heterocycles. The van der Waals surface area contributed by atoms with E-state index in [0.717, 1.165) is 0 Å². The number of benzene rings is 1. The predicted octanol–water partition coefficient (Wildman–Crippen LogP) is 0.470. The molecule has 1 aromatic carbocycles. The Labute approximate surface area is 99.2 Å². The van der Waals surface area contributed by atoms with E-state index in [4.69, 9.17) is 15.7 Å². The highest BCUT2D eigenvalue weighted by atomic mass is 16.5. The van der Waals surface area contributed by atoms with Crippen LogP contribution in [-0.4, -0.2) is 25.2 Å². The van der Waals surface area contributed by atoms with Crippen LogP contribution in [0, 0.1) is 17.2 Å². The highest BCUT2D eigenvalue weighted by molar-refractivity contribution is 5.93. The number of nitrogens with zero attached hydrogens (tertiary/aromatic N) is 1. The van der Waals surface area contributed by atoms with Gasteiger partial charge in [-0.2, -0.15) is 5.26 Å². The smallest absolute Gasteiger partial charge is 0.231 e. The van der Waals surface area contributed by atoms with E-state index < -0.39 is 0 Å². The average Bonchev–Trinajstić information content (AvgIpc) is 2.76. The molecule has 2 rings (SSSR count). The second kappa shape index (κ2) is 4.95. The molecule has 5 heteroatoms. The summed E-state index contributed by atoms with van der Waals surface area (Å²) >= 11 is 0. The highest BCUT2D eigenvalue weighted by Crippen LogP contribution is 2.15. The number of hydrogen-bond donors (Lipinski definition) is 2. The third-order valence-corrected chi connectivity index (χ3v) is 2.74. The molecule has 3 N–H and O–H groups in total. The summed E-state index contributed by atoms with van der Waals surface area (Å²) in [5, 5.41) is 11.4. The topological polar surface area (TPSA) is 88.1 Å². The largest absolute Gasteiger partial charge is 0.379 e.